The molecule has 0 heterocycles. The number of carbonyl (C=O) groups excluding carboxylic acids is 1. The van der Waals surface area contributed by atoms with Crippen molar-refractivity contribution in [3.8, 4) is 0 Å². The highest BCUT2D eigenvalue weighted by atomic mass is 16.5. The number of aliphatic hydroxyl groups is 1. The molecule has 1 unspecified atom stereocenters. The number of ether oxygens (including phenoxy) is 1. The molecule has 4 nitrogen and oxygen atoms in total. The van der Waals surface area contributed by atoms with E-state index in [1.807, 2.05) is 0 Å². The lowest BCUT2D eigenvalue weighted by Crippen LogP contribution is -2.34. The van der Waals surface area contributed by atoms with Crippen LogP contribution in [-0.2, 0) is 9.53 Å². The summed E-state index contributed by atoms with van der Waals surface area (Å²) in [6, 6.07) is 0. The maximum Gasteiger partial charge on any atom is 0.248 e. The molecule has 1 atom stereocenters. The second-order valence-corrected chi connectivity index (χ2v) is 3.19. The summed E-state index contributed by atoms with van der Waals surface area (Å²) >= 11 is 0. The molecule has 0 radical (unpaired) electrons. The number of aliphatic hydroxyl groups excluding tert-OH is 1. The molecule has 4 heteroatoms. The van der Waals surface area contributed by atoms with Crippen molar-refractivity contribution in [2.45, 2.75) is 38.7 Å². The number of hydrogen-bond acceptors (Lipinski definition) is 3. The van der Waals surface area contributed by atoms with Crippen molar-refractivity contribution < 1.29 is 14.6 Å². The molecular weight excluding hydrogens is 182 g/mol. The third kappa shape index (κ3) is 5.94. The number of amides is 1. The molecule has 14 heavy (non-hydrogen) atoms. The van der Waals surface area contributed by atoms with Gasteiger partial charge in [0.2, 0.25) is 5.91 Å². The highest BCUT2D eigenvalue weighted by Crippen LogP contribution is 2.05. The molecule has 0 aliphatic carbocycles. The number of nitrogens with one attached hydrogen (secondary N) is 1. The Balaban J connectivity index is 3.78. The zero-order valence-corrected chi connectivity index (χ0v) is 9.08. The maximum absolute atomic E-state index is 11.3. The van der Waals surface area contributed by atoms with Crippen LogP contribution in [0.5, 0.6) is 0 Å². The summed E-state index contributed by atoms with van der Waals surface area (Å²) in [6.45, 7) is 2.63. The van der Waals surface area contributed by atoms with Crippen LogP contribution in [0.2, 0.25) is 0 Å². The van der Waals surface area contributed by atoms with Crippen LogP contribution in [0.25, 0.3) is 0 Å². The predicted molar refractivity (Wildman–Crippen MR) is 55.0 cm³/mol. The van der Waals surface area contributed by atoms with Crippen molar-refractivity contribution in [2.24, 2.45) is 0 Å². The second-order valence-electron chi connectivity index (χ2n) is 3.19. The standard InChI is InChI=1S/C10H21NO3/c1-3-4-6-9(10(13)11-2)14-8-5-7-12/h9,12H,3-8H2,1-2H3,(H,11,13). The van der Waals surface area contributed by atoms with Crippen LogP contribution in [0.3, 0.4) is 0 Å². The minimum atomic E-state index is -0.355. The Morgan fingerprint density at radius 3 is 2.71 bits per heavy atom. The molecular formula is C10H21NO3. The molecule has 2 N–H and O–H groups in total. The van der Waals surface area contributed by atoms with E-state index in [1.54, 1.807) is 7.05 Å². The highest BCUT2D eigenvalue weighted by molar-refractivity contribution is 5.80. The van der Waals surface area contributed by atoms with Crippen LogP contribution in [0.4, 0.5) is 0 Å². The summed E-state index contributed by atoms with van der Waals surface area (Å²) in [6.07, 6.45) is 3.02. The van der Waals surface area contributed by atoms with Crippen molar-refractivity contribution in [2.75, 3.05) is 20.3 Å². The topological polar surface area (TPSA) is 58.6 Å². The van der Waals surface area contributed by atoms with Crippen molar-refractivity contribution >= 4 is 5.91 Å². The van der Waals surface area contributed by atoms with E-state index in [4.69, 9.17) is 9.84 Å². The molecule has 0 saturated carbocycles. The zero-order valence-electron chi connectivity index (χ0n) is 9.08. The molecule has 0 aromatic rings. The van der Waals surface area contributed by atoms with Crippen molar-refractivity contribution in [1.29, 1.82) is 0 Å². The Morgan fingerprint density at radius 1 is 1.50 bits per heavy atom. The highest BCUT2D eigenvalue weighted by Gasteiger charge is 2.16. The number of hydrogen-bond donors (Lipinski definition) is 2. The minimum Gasteiger partial charge on any atom is -0.396 e. The Kier molecular flexibility index (Phi) is 8.57. The first-order valence-corrected chi connectivity index (χ1v) is 5.20. The van der Waals surface area contributed by atoms with Gasteiger partial charge in [-0.2, -0.15) is 0 Å². The molecule has 0 spiro atoms. The molecule has 0 fully saturated rings. The number of carbonyl (C=O) groups is 1. The maximum atomic E-state index is 11.3. The quantitative estimate of drug-likeness (QED) is 0.571. The number of unbranched alkanes of at least 4 members (excludes halogenated alkanes) is 1. The molecule has 0 aliphatic rings. The SMILES string of the molecule is CCCCC(OCCCO)C(=O)NC. The molecule has 0 aliphatic heterocycles. The summed E-state index contributed by atoms with van der Waals surface area (Å²) in [7, 11) is 1.61. The van der Waals surface area contributed by atoms with Gasteiger partial charge in [0.15, 0.2) is 0 Å². The van der Waals surface area contributed by atoms with E-state index < -0.39 is 0 Å². The summed E-state index contributed by atoms with van der Waals surface area (Å²) in [5.74, 6) is -0.0728. The number of likely N-dealkylation sites (N-methyl/N-ethyl adjacent to an activating group) is 1. The first-order valence-electron chi connectivity index (χ1n) is 5.20. The Bertz CT molecular complexity index is 150. The normalized spacial score (nSPS) is 12.5. The van der Waals surface area contributed by atoms with Gasteiger partial charge in [-0.05, 0) is 12.8 Å². The van der Waals surface area contributed by atoms with Gasteiger partial charge in [0.05, 0.1) is 0 Å². The third-order valence-electron chi connectivity index (χ3n) is 1.98. The third-order valence-corrected chi connectivity index (χ3v) is 1.98. The van der Waals surface area contributed by atoms with Gasteiger partial charge in [0, 0.05) is 20.3 Å². The van der Waals surface area contributed by atoms with Crippen LogP contribution >= 0.6 is 0 Å². The van der Waals surface area contributed by atoms with E-state index in [2.05, 4.69) is 12.2 Å². The van der Waals surface area contributed by atoms with Crippen LogP contribution in [0.1, 0.15) is 32.6 Å². The predicted octanol–water partition coefficient (Wildman–Crippen LogP) is 0.690. The fraction of sp³-hybridized carbons (Fsp3) is 0.900. The minimum absolute atomic E-state index is 0.0728. The Morgan fingerprint density at radius 2 is 2.21 bits per heavy atom. The molecule has 0 saturated heterocycles. The van der Waals surface area contributed by atoms with E-state index in [1.165, 1.54) is 0 Å². The summed E-state index contributed by atoms with van der Waals surface area (Å²) < 4.78 is 5.37. The summed E-state index contributed by atoms with van der Waals surface area (Å²) in [5, 5.41) is 11.1. The Labute approximate surface area is 85.6 Å². The van der Waals surface area contributed by atoms with Crippen LogP contribution in [0, 0.1) is 0 Å². The first kappa shape index (κ1) is 13.4. The molecule has 0 rings (SSSR count). The van der Waals surface area contributed by atoms with Crippen molar-refractivity contribution in [1.82, 2.24) is 5.32 Å². The van der Waals surface area contributed by atoms with Gasteiger partial charge in [-0.15, -0.1) is 0 Å². The van der Waals surface area contributed by atoms with Gasteiger partial charge in [-0.25, -0.2) is 0 Å². The van der Waals surface area contributed by atoms with Crippen LogP contribution in [-0.4, -0.2) is 37.4 Å². The molecule has 0 aromatic carbocycles. The monoisotopic (exact) mass is 203 g/mol. The fourth-order valence-electron chi connectivity index (χ4n) is 1.13. The second kappa shape index (κ2) is 8.97. The van der Waals surface area contributed by atoms with Gasteiger partial charge < -0.3 is 15.2 Å². The lowest BCUT2D eigenvalue weighted by atomic mass is 10.1. The van der Waals surface area contributed by atoms with Gasteiger partial charge in [-0.1, -0.05) is 19.8 Å². The lowest BCUT2D eigenvalue weighted by molar-refractivity contribution is -0.133. The molecule has 0 aromatic heterocycles. The van der Waals surface area contributed by atoms with E-state index in [0.29, 0.717) is 13.0 Å². The summed E-state index contributed by atoms with van der Waals surface area (Å²) in [5.41, 5.74) is 0. The van der Waals surface area contributed by atoms with Gasteiger partial charge in [0.25, 0.3) is 0 Å². The first-order chi connectivity index (χ1) is 6.76. The Hall–Kier alpha value is -0.610. The van der Waals surface area contributed by atoms with Crippen LogP contribution in [0.15, 0.2) is 0 Å². The molecule has 84 valence electrons. The average Bonchev–Trinajstić information content (AvgIpc) is 2.22. The lowest BCUT2D eigenvalue weighted by Gasteiger charge is -2.15. The zero-order chi connectivity index (χ0) is 10.8. The van der Waals surface area contributed by atoms with Crippen LogP contribution < -0.4 is 5.32 Å². The smallest absolute Gasteiger partial charge is 0.248 e. The molecule has 1 amide bonds. The van der Waals surface area contributed by atoms with Gasteiger partial charge in [0.1, 0.15) is 6.10 Å². The fourth-order valence-corrected chi connectivity index (χ4v) is 1.13. The van der Waals surface area contributed by atoms with Gasteiger partial charge >= 0.3 is 0 Å². The van der Waals surface area contributed by atoms with E-state index in [9.17, 15) is 4.79 Å². The van der Waals surface area contributed by atoms with Crippen molar-refractivity contribution in [3.63, 3.8) is 0 Å². The van der Waals surface area contributed by atoms with E-state index in [0.717, 1.165) is 19.3 Å². The largest absolute Gasteiger partial charge is 0.396 e. The molecule has 0 bridgehead atoms. The van der Waals surface area contributed by atoms with Crippen molar-refractivity contribution in [3.05, 3.63) is 0 Å². The average molecular weight is 203 g/mol. The van der Waals surface area contributed by atoms with E-state index in [-0.39, 0.29) is 18.6 Å². The van der Waals surface area contributed by atoms with E-state index >= 15 is 0 Å². The number of rotatable bonds is 8. The van der Waals surface area contributed by atoms with Gasteiger partial charge in [-0.3, -0.25) is 4.79 Å². The summed E-state index contributed by atoms with van der Waals surface area (Å²) in [4.78, 5) is 11.3.